The number of hydrogen-bond acceptors (Lipinski definition) is 4. The molecule has 1 aliphatic rings. The fourth-order valence-electron chi connectivity index (χ4n) is 3.37. The van der Waals surface area contributed by atoms with Crippen molar-refractivity contribution in [3.8, 4) is 11.1 Å². The number of benzene rings is 2. The molecule has 0 bridgehead atoms. The van der Waals surface area contributed by atoms with E-state index in [0.29, 0.717) is 13.2 Å². The second kappa shape index (κ2) is 9.33. The molecule has 5 heteroatoms. The van der Waals surface area contributed by atoms with Crippen LogP contribution < -0.4 is 5.32 Å². The first kappa shape index (κ1) is 19.1. The molecule has 1 fully saturated rings. The van der Waals surface area contributed by atoms with Gasteiger partial charge in [0.1, 0.15) is 0 Å². The molecular formula is C22H26N2O3. The van der Waals surface area contributed by atoms with E-state index in [0.717, 1.165) is 42.7 Å². The fraction of sp³-hybridized carbons (Fsp3) is 0.364. The van der Waals surface area contributed by atoms with Gasteiger partial charge in [-0.25, -0.2) is 0 Å². The Bertz CT molecular complexity index is 751. The lowest BCUT2D eigenvalue weighted by atomic mass is 9.97. The molecular weight excluding hydrogens is 340 g/mol. The van der Waals surface area contributed by atoms with Crippen LogP contribution in [-0.2, 0) is 14.3 Å². The molecule has 1 saturated heterocycles. The van der Waals surface area contributed by atoms with Gasteiger partial charge in [0.25, 0.3) is 0 Å². The number of amides is 1. The second-order valence-corrected chi connectivity index (χ2v) is 6.79. The molecule has 0 aromatic heterocycles. The van der Waals surface area contributed by atoms with Gasteiger partial charge in [-0.1, -0.05) is 42.5 Å². The molecule has 0 radical (unpaired) electrons. The zero-order valence-electron chi connectivity index (χ0n) is 15.7. The first-order valence-electron chi connectivity index (χ1n) is 9.50. The van der Waals surface area contributed by atoms with E-state index in [1.54, 1.807) is 0 Å². The minimum Gasteiger partial charge on any atom is -0.466 e. The topological polar surface area (TPSA) is 58.6 Å². The van der Waals surface area contributed by atoms with Crippen LogP contribution in [0.25, 0.3) is 11.1 Å². The van der Waals surface area contributed by atoms with E-state index in [1.165, 1.54) is 0 Å². The van der Waals surface area contributed by atoms with Crippen LogP contribution in [0.3, 0.4) is 0 Å². The lowest BCUT2D eigenvalue weighted by molar-refractivity contribution is -0.149. The summed E-state index contributed by atoms with van der Waals surface area (Å²) >= 11 is 0. The first-order valence-corrected chi connectivity index (χ1v) is 9.50. The number of piperidine rings is 1. The summed E-state index contributed by atoms with van der Waals surface area (Å²) in [7, 11) is 0. The van der Waals surface area contributed by atoms with Gasteiger partial charge >= 0.3 is 5.97 Å². The molecule has 0 atom stereocenters. The van der Waals surface area contributed by atoms with Gasteiger partial charge in [0.05, 0.1) is 19.1 Å². The standard InChI is InChI=1S/C22H26N2O3/c1-2-27-22(26)19-12-14-24(15-13-19)16-21(25)23-20-10-8-18(9-11-20)17-6-4-3-5-7-17/h3-11,19H,2,12-16H2,1H3,(H,23,25). The molecule has 0 saturated carbocycles. The highest BCUT2D eigenvalue weighted by Crippen LogP contribution is 2.21. The van der Waals surface area contributed by atoms with E-state index in [9.17, 15) is 9.59 Å². The predicted octanol–water partition coefficient (Wildman–Crippen LogP) is 3.57. The van der Waals surface area contributed by atoms with Gasteiger partial charge in [0, 0.05) is 5.69 Å². The van der Waals surface area contributed by atoms with Crippen LogP contribution in [0.4, 0.5) is 5.69 Å². The molecule has 3 rings (SSSR count). The van der Waals surface area contributed by atoms with Crippen LogP contribution in [-0.4, -0.2) is 43.0 Å². The van der Waals surface area contributed by atoms with Crippen molar-refractivity contribution >= 4 is 17.6 Å². The Labute approximate surface area is 160 Å². The van der Waals surface area contributed by atoms with E-state index in [1.807, 2.05) is 49.4 Å². The van der Waals surface area contributed by atoms with Crippen LogP contribution in [0.15, 0.2) is 54.6 Å². The Morgan fingerprint density at radius 2 is 1.63 bits per heavy atom. The summed E-state index contributed by atoms with van der Waals surface area (Å²) in [5.74, 6) is -0.174. The highest BCUT2D eigenvalue weighted by Gasteiger charge is 2.26. The lowest BCUT2D eigenvalue weighted by Gasteiger charge is -2.30. The minimum atomic E-state index is -0.111. The SMILES string of the molecule is CCOC(=O)C1CCN(CC(=O)Nc2ccc(-c3ccccc3)cc2)CC1. The Hall–Kier alpha value is -2.66. The molecule has 2 aromatic carbocycles. The van der Waals surface area contributed by atoms with Crippen molar-refractivity contribution < 1.29 is 14.3 Å². The highest BCUT2D eigenvalue weighted by atomic mass is 16.5. The summed E-state index contributed by atoms with van der Waals surface area (Å²) < 4.78 is 5.08. The zero-order valence-corrected chi connectivity index (χ0v) is 15.7. The molecule has 0 spiro atoms. The zero-order chi connectivity index (χ0) is 19.1. The number of anilines is 1. The van der Waals surface area contributed by atoms with Gasteiger partial charge in [0.2, 0.25) is 5.91 Å². The number of carbonyl (C=O) groups excluding carboxylic acids is 2. The molecule has 1 amide bonds. The van der Waals surface area contributed by atoms with Gasteiger partial charge in [-0.2, -0.15) is 0 Å². The van der Waals surface area contributed by atoms with Crippen LogP contribution in [0, 0.1) is 5.92 Å². The van der Waals surface area contributed by atoms with Gasteiger partial charge in [-0.15, -0.1) is 0 Å². The van der Waals surface area contributed by atoms with Gasteiger partial charge in [-0.05, 0) is 56.1 Å². The number of hydrogen-bond donors (Lipinski definition) is 1. The van der Waals surface area contributed by atoms with Gasteiger partial charge < -0.3 is 10.1 Å². The third-order valence-corrected chi connectivity index (χ3v) is 4.85. The van der Waals surface area contributed by atoms with Crippen LogP contribution >= 0.6 is 0 Å². The minimum absolute atomic E-state index is 0.0305. The summed E-state index contributed by atoms with van der Waals surface area (Å²) in [6, 6.07) is 18.0. The Balaban J connectivity index is 1.47. The first-order chi connectivity index (χ1) is 13.2. The lowest BCUT2D eigenvalue weighted by Crippen LogP contribution is -2.41. The number of carbonyl (C=O) groups is 2. The molecule has 142 valence electrons. The Kier molecular flexibility index (Phi) is 6.60. The average molecular weight is 366 g/mol. The van der Waals surface area contributed by atoms with Crippen LogP contribution in [0.2, 0.25) is 0 Å². The molecule has 1 aliphatic heterocycles. The Morgan fingerprint density at radius 1 is 1.00 bits per heavy atom. The van der Waals surface area contributed by atoms with Gasteiger partial charge in [0.15, 0.2) is 0 Å². The predicted molar refractivity (Wildman–Crippen MR) is 106 cm³/mol. The molecule has 0 aliphatic carbocycles. The number of ether oxygens (including phenoxy) is 1. The van der Waals surface area contributed by atoms with E-state index >= 15 is 0 Å². The van der Waals surface area contributed by atoms with E-state index in [-0.39, 0.29) is 17.8 Å². The maximum absolute atomic E-state index is 12.3. The van der Waals surface area contributed by atoms with Crippen molar-refractivity contribution in [3.63, 3.8) is 0 Å². The molecule has 5 nitrogen and oxygen atoms in total. The van der Waals surface area contributed by atoms with Gasteiger partial charge in [-0.3, -0.25) is 14.5 Å². The van der Waals surface area contributed by atoms with E-state index in [2.05, 4.69) is 22.3 Å². The summed E-state index contributed by atoms with van der Waals surface area (Å²) in [6.45, 7) is 4.07. The Morgan fingerprint density at radius 3 is 2.26 bits per heavy atom. The molecule has 0 unspecified atom stereocenters. The van der Waals surface area contributed by atoms with Crippen LogP contribution in [0.5, 0.6) is 0 Å². The number of rotatable bonds is 6. The van der Waals surface area contributed by atoms with E-state index in [4.69, 9.17) is 4.74 Å². The fourth-order valence-corrected chi connectivity index (χ4v) is 3.37. The maximum atomic E-state index is 12.3. The number of nitrogens with one attached hydrogen (secondary N) is 1. The normalized spacial score (nSPS) is 15.3. The second-order valence-electron chi connectivity index (χ2n) is 6.79. The quantitative estimate of drug-likeness (QED) is 0.794. The monoisotopic (exact) mass is 366 g/mol. The average Bonchev–Trinajstić information content (AvgIpc) is 2.70. The maximum Gasteiger partial charge on any atom is 0.309 e. The largest absolute Gasteiger partial charge is 0.466 e. The van der Waals surface area contributed by atoms with E-state index < -0.39 is 0 Å². The summed E-state index contributed by atoms with van der Waals surface area (Å²) in [6.07, 6.45) is 1.50. The summed E-state index contributed by atoms with van der Waals surface area (Å²) in [4.78, 5) is 26.2. The van der Waals surface area contributed by atoms with Crippen LogP contribution in [0.1, 0.15) is 19.8 Å². The molecule has 2 aromatic rings. The van der Waals surface area contributed by atoms with Crippen molar-refractivity contribution in [1.29, 1.82) is 0 Å². The summed E-state index contributed by atoms with van der Waals surface area (Å²) in [5, 5.41) is 2.95. The highest BCUT2D eigenvalue weighted by molar-refractivity contribution is 5.92. The molecule has 1 N–H and O–H groups in total. The third-order valence-electron chi connectivity index (χ3n) is 4.85. The number of nitrogens with zero attached hydrogens (tertiary/aromatic N) is 1. The summed E-state index contributed by atoms with van der Waals surface area (Å²) in [5.41, 5.74) is 3.07. The smallest absolute Gasteiger partial charge is 0.309 e. The van der Waals surface area contributed by atoms with Crippen molar-refractivity contribution in [2.24, 2.45) is 5.92 Å². The van der Waals surface area contributed by atoms with Crippen molar-refractivity contribution in [3.05, 3.63) is 54.6 Å². The third kappa shape index (κ3) is 5.41. The number of likely N-dealkylation sites (tertiary alicyclic amines) is 1. The van der Waals surface area contributed by atoms with Crippen molar-refractivity contribution in [2.45, 2.75) is 19.8 Å². The van der Waals surface area contributed by atoms with Crippen molar-refractivity contribution in [2.75, 3.05) is 31.6 Å². The molecule has 27 heavy (non-hydrogen) atoms. The van der Waals surface area contributed by atoms with Crippen molar-refractivity contribution in [1.82, 2.24) is 4.90 Å². The number of esters is 1. The molecule has 1 heterocycles.